The van der Waals surface area contributed by atoms with Gasteiger partial charge in [0, 0.05) is 6.54 Å². The lowest BCUT2D eigenvalue weighted by atomic mass is 10.8. The number of aliphatic imine (C=N–C) groups is 1. The summed E-state index contributed by atoms with van der Waals surface area (Å²) >= 11 is 0. The molecule has 0 spiro atoms. The quantitative estimate of drug-likeness (QED) is 0.432. The average molecular weight is 87.2 g/mol. The second-order valence-electron chi connectivity index (χ2n) is 0.540. The maximum atomic E-state index is 3.49. The zero-order chi connectivity index (χ0) is 5.41. The van der Waals surface area contributed by atoms with Gasteiger partial charge in [-0.05, 0) is 13.6 Å². The van der Waals surface area contributed by atoms with Crippen molar-refractivity contribution in [3.05, 3.63) is 0 Å². The molecule has 0 rings (SSSR count). The minimum atomic E-state index is 0.833. The van der Waals surface area contributed by atoms with Crippen LogP contribution in [0.3, 0.4) is 0 Å². The van der Waals surface area contributed by atoms with E-state index in [2.05, 4.69) is 11.7 Å². The van der Waals surface area contributed by atoms with Crippen LogP contribution in [0.5, 0.6) is 0 Å². The van der Waals surface area contributed by atoms with E-state index in [4.69, 9.17) is 0 Å². The Balaban J connectivity index is 0. The van der Waals surface area contributed by atoms with Gasteiger partial charge in [0.1, 0.15) is 0 Å². The molecule has 0 aliphatic heterocycles. The molecule has 6 heavy (non-hydrogen) atoms. The summed E-state index contributed by atoms with van der Waals surface area (Å²) in [4.78, 5) is 3.49. The van der Waals surface area contributed by atoms with Crippen LogP contribution in [-0.4, -0.2) is 13.3 Å². The minimum Gasteiger partial charge on any atom is -0.301 e. The second kappa shape index (κ2) is 22.6. The van der Waals surface area contributed by atoms with E-state index in [1.165, 1.54) is 0 Å². The molecule has 0 N–H and O–H groups in total. The Morgan fingerprint density at radius 2 is 1.67 bits per heavy atom. The van der Waals surface area contributed by atoms with Crippen LogP contribution in [-0.2, 0) is 0 Å². The molecule has 0 heterocycles. The number of rotatable bonds is 1. The molecule has 0 atom stereocenters. The van der Waals surface area contributed by atoms with E-state index in [0.29, 0.717) is 0 Å². The van der Waals surface area contributed by atoms with Crippen LogP contribution in [0.1, 0.15) is 20.8 Å². The molecule has 1 heteroatoms. The van der Waals surface area contributed by atoms with Gasteiger partial charge in [-0.25, -0.2) is 0 Å². The molecule has 0 aliphatic rings. The molecule has 0 unspecified atom stereocenters. The Morgan fingerprint density at radius 1 is 1.50 bits per heavy atom. The highest BCUT2D eigenvalue weighted by molar-refractivity contribution is 5.22. The van der Waals surface area contributed by atoms with E-state index < -0.39 is 0 Å². The van der Waals surface area contributed by atoms with Crippen molar-refractivity contribution in [2.75, 3.05) is 6.54 Å². The van der Waals surface area contributed by atoms with E-state index in [1.807, 2.05) is 20.8 Å². The van der Waals surface area contributed by atoms with Gasteiger partial charge in [-0.2, -0.15) is 0 Å². The van der Waals surface area contributed by atoms with Gasteiger partial charge in [0.2, 0.25) is 0 Å². The van der Waals surface area contributed by atoms with Crippen LogP contribution >= 0.6 is 0 Å². The van der Waals surface area contributed by atoms with Gasteiger partial charge in [-0.15, -0.1) is 0 Å². The van der Waals surface area contributed by atoms with Crippen LogP contribution < -0.4 is 0 Å². The third-order valence-electron chi connectivity index (χ3n) is 0.224. The van der Waals surface area contributed by atoms with E-state index in [0.717, 1.165) is 6.54 Å². The van der Waals surface area contributed by atoms with Gasteiger partial charge >= 0.3 is 0 Å². The van der Waals surface area contributed by atoms with Gasteiger partial charge in [0.25, 0.3) is 0 Å². The van der Waals surface area contributed by atoms with Crippen LogP contribution in [0.15, 0.2) is 4.99 Å². The molecule has 0 saturated carbocycles. The summed E-state index contributed by atoms with van der Waals surface area (Å²) in [5.74, 6) is 0. The molecular weight excluding hydrogens is 74.1 g/mol. The lowest BCUT2D eigenvalue weighted by molar-refractivity contribution is 1.15. The largest absolute Gasteiger partial charge is 0.301 e. The van der Waals surface area contributed by atoms with Gasteiger partial charge in [-0.3, -0.25) is 0 Å². The molecule has 0 radical (unpaired) electrons. The van der Waals surface area contributed by atoms with Crippen molar-refractivity contribution >= 4 is 6.72 Å². The van der Waals surface area contributed by atoms with Gasteiger partial charge in [0.15, 0.2) is 0 Å². The Morgan fingerprint density at radius 3 is 1.67 bits per heavy atom. The first-order valence-corrected chi connectivity index (χ1v) is 2.34. The third kappa shape index (κ3) is 58.3. The highest BCUT2D eigenvalue weighted by atomic mass is 14.6. The first-order chi connectivity index (χ1) is 2.91. The van der Waals surface area contributed by atoms with Gasteiger partial charge < -0.3 is 4.99 Å². The zero-order valence-electron chi connectivity index (χ0n) is 4.86. The Labute approximate surface area is 40.1 Å². The van der Waals surface area contributed by atoms with E-state index >= 15 is 0 Å². The number of hydrogen-bond donors (Lipinski definition) is 0. The summed E-state index contributed by atoms with van der Waals surface area (Å²) in [5.41, 5.74) is 0. The predicted octanol–water partition coefficient (Wildman–Crippen LogP) is 1.73. The predicted molar refractivity (Wildman–Crippen MR) is 31.4 cm³/mol. The first-order valence-electron chi connectivity index (χ1n) is 2.34. The SMILES string of the molecule is C=NCC.CC. The van der Waals surface area contributed by atoms with Crippen molar-refractivity contribution in [3.63, 3.8) is 0 Å². The van der Waals surface area contributed by atoms with E-state index in [9.17, 15) is 0 Å². The summed E-state index contributed by atoms with van der Waals surface area (Å²) in [6.45, 7) is 10.0. The molecule has 0 saturated heterocycles. The fourth-order valence-corrected chi connectivity index (χ4v) is 0. The molecule has 0 bridgehead atoms. The Kier molecular flexibility index (Phi) is 34.5. The average Bonchev–Trinajstić information content (AvgIpc) is 1.72. The van der Waals surface area contributed by atoms with Crippen molar-refractivity contribution in [1.29, 1.82) is 0 Å². The molecule has 38 valence electrons. The highest BCUT2D eigenvalue weighted by Crippen LogP contribution is 1.50. The van der Waals surface area contributed by atoms with Crippen molar-refractivity contribution in [2.24, 2.45) is 4.99 Å². The first kappa shape index (κ1) is 9.18. The monoisotopic (exact) mass is 87.1 g/mol. The lowest BCUT2D eigenvalue weighted by Crippen LogP contribution is -1.54. The molecule has 0 aromatic carbocycles. The normalized spacial score (nSPS) is 5.17. The Bertz CT molecular complexity index is 17.9. The van der Waals surface area contributed by atoms with Crippen LogP contribution in [0.25, 0.3) is 0 Å². The molecule has 0 aromatic rings. The molecule has 0 aliphatic carbocycles. The molecule has 0 amide bonds. The summed E-state index contributed by atoms with van der Waals surface area (Å²) in [5, 5.41) is 0. The summed E-state index contributed by atoms with van der Waals surface area (Å²) < 4.78 is 0. The zero-order valence-corrected chi connectivity index (χ0v) is 4.86. The second-order valence-corrected chi connectivity index (χ2v) is 0.540. The number of hydrogen-bond acceptors (Lipinski definition) is 1. The van der Waals surface area contributed by atoms with Gasteiger partial charge in [-0.1, -0.05) is 13.8 Å². The molecule has 0 fully saturated rings. The minimum absolute atomic E-state index is 0.833. The van der Waals surface area contributed by atoms with Crippen molar-refractivity contribution < 1.29 is 0 Å². The maximum absolute atomic E-state index is 3.49. The van der Waals surface area contributed by atoms with Crippen molar-refractivity contribution in [3.8, 4) is 0 Å². The summed E-state index contributed by atoms with van der Waals surface area (Å²) in [7, 11) is 0. The van der Waals surface area contributed by atoms with Crippen LogP contribution in [0.4, 0.5) is 0 Å². The summed E-state index contributed by atoms with van der Waals surface area (Å²) in [6.07, 6.45) is 0. The standard InChI is InChI=1S/C3H7N.C2H6/c1-3-4-2;1-2/h2-3H2,1H3;1-2H3. The van der Waals surface area contributed by atoms with Crippen LogP contribution in [0, 0.1) is 0 Å². The smallest absolute Gasteiger partial charge is 0.0353 e. The Hall–Kier alpha value is -0.330. The van der Waals surface area contributed by atoms with E-state index in [-0.39, 0.29) is 0 Å². The fourth-order valence-electron chi connectivity index (χ4n) is 0. The maximum Gasteiger partial charge on any atom is 0.0353 e. The van der Waals surface area contributed by atoms with Crippen molar-refractivity contribution in [2.45, 2.75) is 20.8 Å². The molecule has 0 aromatic heterocycles. The van der Waals surface area contributed by atoms with Gasteiger partial charge in [0.05, 0.1) is 0 Å². The van der Waals surface area contributed by atoms with E-state index in [1.54, 1.807) is 0 Å². The number of nitrogens with zero attached hydrogens (tertiary/aromatic N) is 1. The highest BCUT2D eigenvalue weighted by Gasteiger charge is 1.43. The lowest BCUT2D eigenvalue weighted by Gasteiger charge is -1.61. The molecular formula is C5H13N. The molecule has 1 nitrogen and oxygen atoms in total. The van der Waals surface area contributed by atoms with Crippen molar-refractivity contribution in [1.82, 2.24) is 0 Å². The van der Waals surface area contributed by atoms with Crippen LogP contribution in [0.2, 0.25) is 0 Å². The third-order valence-corrected chi connectivity index (χ3v) is 0.224. The fraction of sp³-hybridized carbons (Fsp3) is 0.800. The summed E-state index contributed by atoms with van der Waals surface area (Å²) in [6, 6.07) is 0. The topological polar surface area (TPSA) is 12.4 Å².